The van der Waals surface area contributed by atoms with Crippen LogP contribution in [0.15, 0.2) is 30.3 Å². The first-order valence-corrected chi connectivity index (χ1v) is 4.78. The van der Waals surface area contributed by atoms with Gasteiger partial charge in [0.1, 0.15) is 0 Å². The van der Waals surface area contributed by atoms with Crippen LogP contribution in [-0.4, -0.2) is 5.92 Å². The summed E-state index contributed by atoms with van der Waals surface area (Å²) in [6.45, 7) is 1.67. The molecular weight excluding hydrogens is 182 g/mol. The van der Waals surface area contributed by atoms with Gasteiger partial charge in [0, 0.05) is 12.0 Å². The van der Waals surface area contributed by atoms with E-state index in [1.54, 1.807) is 13.0 Å². The van der Waals surface area contributed by atoms with Crippen molar-refractivity contribution >= 4 is 5.57 Å². The minimum absolute atomic E-state index is 0.0658. The molecule has 0 saturated carbocycles. The van der Waals surface area contributed by atoms with Gasteiger partial charge in [0.25, 0.3) is 5.92 Å². The molecule has 0 aliphatic heterocycles. The third-order valence-electron chi connectivity index (χ3n) is 2.70. The Balaban J connectivity index is 2.57. The second-order valence-electron chi connectivity index (χ2n) is 3.56. The van der Waals surface area contributed by atoms with E-state index in [0.717, 1.165) is 5.56 Å². The van der Waals surface area contributed by atoms with Crippen molar-refractivity contribution in [3.8, 4) is 0 Å². The lowest BCUT2D eigenvalue weighted by molar-refractivity contribution is 0.0540. The van der Waals surface area contributed by atoms with Gasteiger partial charge in [-0.1, -0.05) is 30.3 Å². The molecule has 0 atom stereocenters. The highest BCUT2D eigenvalue weighted by Gasteiger charge is 2.38. The summed E-state index contributed by atoms with van der Waals surface area (Å²) in [5.41, 5.74) is 1.93. The van der Waals surface area contributed by atoms with Crippen LogP contribution in [0, 0.1) is 0 Å². The molecule has 0 amide bonds. The molecule has 0 nitrogen and oxygen atoms in total. The van der Waals surface area contributed by atoms with Gasteiger partial charge in [-0.05, 0) is 24.5 Å². The van der Waals surface area contributed by atoms with Gasteiger partial charge >= 0.3 is 0 Å². The molecule has 0 aromatic heterocycles. The highest BCUT2D eigenvalue weighted by atomic mass is 19.3. The largest absolute Gasteiger partial charge is 0.273 e. The smallest absolute Gasteiger partial charge is 0.201 e. The molecule has 0 fully saturated rings. The maximum absolute atomic E-state index is 13.5. The first-order chi connectivity index (χ1) is 6.65. The molecule has 14 heavy (non-hydrogen) atoms. The van der Waals surface area contributed by atoms with E-state index in [0.29, 0.717) is 12.0 Å². The second-order valence-corrected chi connectivity index (χ2v) is 3.56. The molecule has 0 spiro atoms. The summed E-state index contributed by atoms with van der Waals surface area (Å²) in [6, 6.07) is 7.41. The molecule has 1 aromatic rings. The van der Waals surface area contributed by atoms with Crippen LogP contribution < -0.4 is 0 Å². The van der Waals surface area contributed by atoms with Crippen molar-refractivity contribution in [1.29, 1.82) is 0 Å². The molecule has 1 aliphatic rings. The molecular formula is C12H12F2. The number of hydrogen-bond acceptors (Lipinski definition) is 0. The summed E-state index contributed by atoms with van der Waals surface area (Å²) in [7, 11) is 0. The monoisotopic (exact) mass is 194 g/mol. The SMILES string of the molecule is C/C=C1/c2ccccc2CCC1(F)F. The molecule has 1 aromatic carbocycles. The topological polar surface area (TPSA) is 0 Å². The van der Waals surface area contributed by atoms with Crippen LogP contribution in [0.4, 0.5) is 8.78 Å². The molecule has 0 saturated heterocycles. The average molecular weight is 194 g/mol. The van der Waals surface area contributed by atoms with E-state index >= 15 is 0 Å². The summed E-state index contributed by atoms with van der Waals surface area (Å²) >= 11 is 0. The summed E-state index contributed by atoms with van der Waals surface area (Å²) in [4.78, 5) is 0. The molecule has 2 rings (SSSR count). The highest BCUT2D eigenvalue weighted by molar-refractivity contribution is 5.74. The minimum atomic E-state index is -2.65. The fourth-order valence-electron chi connectivity index (χ4n) is 1.99. The minimum Gasteiger partial charge on any atom is -0.201 e. The van der Waals surface area contributed by atoms with E-state index in [-0.39, 0.29) is 12.0 Å². The predicted molar refractivity (Wildman–Crippen MR) is 53.4 cm³/mol. The van der Waals surface area contributed by atoms with Crippen molar-refractivity contribution in [2.24, 2.45) is 0 Å². The summed E-state index contributed by atoms with van der Waals surface area (Å²) in [5.74, 6) is -2.65. The molecule has 0 unspecified atom stereocenters. The number of fused-ring (bicyclic) bond motifs is 1. The van der Waals surface area contributed by atoms with Crippen molar-refractivity contribution in [2.45, 2.75) is 25.7 Å². The van der Waals surface area contributed by atoms with E-state index in [4.69, 9.17) is 0 Å². The molecule has 0 radical (unpaired) electrons. The maximum Gasteiger partial charge on any atom is 0.273 e. The Hall–Kier alpha value is -1.18. The van der Waals surface area contributed by atoms with E-state index in [1.807, 2.05) is 18.2 Å². The van der Waals surface area contributed by atoms with Crippen LogP contribution in [0.1, 0.15) is 24.5 Å². The Bertz CT molecular complexity index is 378. The standard InChI is InChI=1S/C12H12F2/c1-2-11-10-6-4-3-5-9(10)7-8-12(11,13)14/h2-6H,7-8H2,1H3/b11-2-. The lowest BCUT2D eigenvalue weighted by Gasteiger charge is -2.27. The molecule has 0 N–H and O–H groups in total. The third-order valence-corrected chi connectivity index (χ3v) is 2.70. The summed E-state index contributed by atoms with van der Waals surface area (Å²) < 4.78 is 27.0. The Labute approximate surface area is 82.3 Å². The van der Waals surface area contributed by atoms with Gasteiger partial charge in [-0.15, -0.1) is 0 Å². The molecule has 0 bridgehead atoms. The number of rotatable bonds is 0. The van der Waals surface area contributed by atoms with E-state index in [2.05, 4.69) is 0 Å². The lowest BCUT2D eigenvalue weighted by atomic mass is 9.84. The van der Waals surface area contributed by atoms with Crippen LogP contribution in [0.25, 0.3) is 5.57 Å². The first kappa shape index (κ1) is 9.38. The molecule has 74 valence electrons. The molecule has 1 aliphatic carbocycles. The van der Waals surface area contributed by atoms with Crippen molar-refractivity contribution in [2.75, 3.05) is 0 Å². The maximum atomic E-state index is 13.5. The second kappa shape index (κ2) is 3.19. The van der Waals surface area contributed by atoms with Crippen molar-refractivity contribution < 1.29 is 8.78 Å². The van der Waals surface area contributed by atoms with Crippen LogP contribution in [0.3, 0.4) is 0 Å². The third kappa shape index (κ3) is 1.35. The zero-order chi connectivity index (χ0) is 10.2. The van der Waals surface area contributed by atoms with Crippen molar-refractivity contribution in [3.63, 3.8) is 0 Å². The Kier molecular flexibility index (Phi) is 2.14. The molecule has 0 heterocycles. The van der Waals surface area contributed by atoms with Gasteiger partial charge in [-0.2, -0.15) is 0 Å². The molecule has 2 heteroatoms. The number of alkyl halides is 2. The number of allylic oxidation sites excluding steroid dienone is 2. The Morgan fingerprint density at radius 1 is 1.29 bits per heavy atom. The van der Waals surface area contributed by atoms with Gasteiger partial charge in [0.15, 0.2) is 0 Å². The zero-order valence-electron chi connectivity index (χ0n) is 8.06. The number of halogens is 2. The summed E-state index contributed by atoms with van der Waals surface area (Å²) in [5, 5.41) is 0. The van der Waals surface area contributed by atoms with Gasteiger partial charge in [0.05, 0.1) is 0 Å². The van der Waals surface area contributed by atoms with Gasteiger partial charge < -0.3 is 0 Å². The Morgan fingerprint density at radius 2 is 2.00 bits per heavy atom. The Morgan fingerprint density at radius 3 is 2.71 bits per heavy atom. The van der Waals surface area contributed by atoms with Crippen LogP contribution in [0.5, 0.6) is 0 Å². The van der Waals surface area contributed by atoms with Gasteiger partial charge in [-0.25, -0.2) is 8.78 Å². The van der Waals surface area contributed by atoms with E-state index in [9.17, 15) is 8.78 Å². The van der Waals surface area contributed by atoms with E-state index < -0.39 is 5.92 Å². The van der Waals surface area contributed by atoms with Crippen LogP contribution in [-0.2, 0) is 6.42 Å². The number of hydrogen-bond donors (Lipinski definition) is 0. The fourth-order valence-corrected chi connectivity index (χ4v) is 1.99. The number of benzene rings is 1. The van der Waals surface area contributed by atoms with Crippen molar-refractivity contribution in [1.82, 2.24) is 0 Å². The fraction of sp³-hybridized carbons (Fsp3) is 0.333. The lowest BCUT2D eigenvalue weighted by Crippen LogP contribution is -2.24. The quantitative estimate of drug-likeness (QED) is 0.591. The van der Waals surface area contributed by atoms with Crippen LogP contribution >= 0.6 is 0 Å². The predicted octanol–water partition coefficient (Wildman–Crippen LogP) is 3.67. The van der Waals surface area contributed by atoms with Gasteiger partial charge in [0.2, 0.25) is 0 Å². The van der Waals surface area contributed by atoms with Gasteiger partial charge in [-0.3, -0.25) is 0 Å². The highest BCUT2D eigenvalue weighted by Crippen LogP contribution is 2.41. The first-order valence-electron chi connectivity index (χ1n) is 4.78. The normalized spacial score (nSPS) is 22.1. The average Bonchev–Trinajstić information content (AvgIpc) is 2.17. The van der Waals surface area contributed by atoms with Crippen molar-refractivity contribution in [3.05, 3.63) is 41.5 Å². The summed E-state index contributed by atoms with van der Waals surface area (Å²) in [6.07, 6.45) is 1.93. The van der Waals surface area contributed by atoms with Crippen LogP contribution in [0.2, 0.25) is 0 Å². The van der Waals surface area contributed by atoms with E-state index in [1.165, 1.54) is 6.08 Å². The zero-order valence-corrected chi connectivity index (χ0v) is 8.06. The number of aryl methyl sites for hydroxylation is 1.